The SMILES string of the molecule is O=c1oc2ccccc2n1CC1CCN(Cc2ccccc2)CC1. The smallest absolute Gasteiger partial charge is 0.408 e. The van der Waals surface area contributed by atoms with Crippen molar-refractivity contribution in [2.45, 2.75) is 25.9 Å². The van der Waals surface area contributed by atoms with Crippen LogP contribution >= 0.6 is 0 Å². The number of oxazole rings is 1. The molecule has 1 saturated heterocycles. The number of hydrogen-bond donors (Lipinski definition) is 0. The number of benzene rings is 2. The van der Waals surface area contributed by atoms with Gasteiger partial charge in [0.15, 0.2) is 5.58 Å². The Morgan fingerprint density at radius 2 is 1.67 bits per heavy atom. The number of piperidine rings is 1. The van der Waals surface area contributed by atoms with Gasteiger partial charge in [0.1, 0.15) is 0 Å². The summed E-state index contributed by atoms with van der Waals surface area (Å²) < 4.78 is 7.14. The highest BCUT2D eigenvalue weighted by Gasteiger charge is 2.21. The van der Waals surface area contributed by atoms with E-state index in [0.717, 1.165) is 44.5 Å². The van der Waals surface area contributed by atoms with Crippen molar-refractivity contribution < 1.29 is 4.42 Å². The van der Waals surface area contributed by atoms with E-state index in [4.69, 9.17) is 4.42 Å². The molecule has 4 heteroatoms. The molecule has 0 amide bonds. The zero-order valence-corrected chi connectivity index (χ0v) is 13.7. The number of para-hydroxylation sites is 2. The molecule has 0 N–H and O–H groups in total. The van der Waals surface area contributed by atoms with Crippen LogP contribution in [0.1, 0.15) is 18.4 Å². The van der Waals surface area contributed by atoms with Gasteiger partial charge < -0.3 is 4.42 Å². The standard InChI is InChI=1S/C20H22N2O2/c23-20-22(18-8-4-5-9-19(18)24-20)15-17-10-12-21(13-11-17)14-16-6-2-1-3-7-16/h1-9,17H,10-15H2. The van der Waals surface area contributed by atoms with Crippen LogP contribution in [0.2, 0.25) is 0 Å². The third-order valence-electron chi connectivity index (χ3n) is 4.97. The number of hydrogen-bond acceptors (Lipinski definition) is 3. The van der Waals surface area contributed by atoms with Crippen molar-refractivity contribution in [3.05, 3.63) is 70.7 Å². The molecular formula is C20H22N2O2. The van der Waals surface area contributed by atoms with Gasteiger partial charge in [0.25, 0.3) is 0 Å². The Hall–Kier alpha value is -2.33. The van der Waals surface area contributed by atoms with E-state index < -0.39 is 0 Å². The van der Waals surface area contributed by atoms with Crippen LogP contribution in [-0.4, -0.2) is 22.6 Å². The van der Waals surface area contributed by atoms with E-state index in [1.165, 1.54) is 5.56 Å². The molecular weight excluding hydrogens is 300 g/mol. The first-order chi connectivity index (χ1) is 11.8. The monoisotopic (exact) mass is 322 g/mol. The van der Waals surface area contributed by atoms with E-state index in [9.17, 15) is 4.79 Å². The number of nitrogens with zero attached hydrogens (tertiary/aromatic N) is 2. The molecule has 24 heavy (non-hydrogen) atoms. The summed E-state index contributed by atoms with van der Waals surface area (Å²) in [4.78, 5) is 14.6. The lowest BCUT2D eigenvalue weighted by molar-refractivity contribution is 0.166. The molecule has 1 aliphatic rings. The molecule has 0 bridgehead atoms. The predicted molar refractivity (Wildman–Crippen MR) is 94.9 cm³/mol. The molecule has 3 aromatic rings. The van der Waals surface area contributed by atoms with Gasteiger partial charge in [0, 0.05) is 13.1 Å². The maximum absolute atomic E-state index is 12.1. The molecule has 4 nitrogen and oxygen atoms in total. The van der Waals surface area contributed by atoms with E-state index in [-0.39, 0.29) is 5.76 Å². The van der Waals surface area contributed by atoms with Gasteiger partial charge in [0.2, 0.25) is 0 Å². The van der Waals surface area contributed by atoms with Crippen LogP contribution in [0.25, 0.3) is 11.1 Å². The molecule has 0 atom stereocenters. The Balaban J connectivity index is 1.39. The summed E-state index contributed by atoms with van der Waals surface area (Å²) in [7, 11) is 0. The van der Waals surface area contributed by atoms with Crippen LogP contribution in [0.3, 0.4) is 0 Å². The molecule has 1 fully saturated rings. The molecule has 0 spiro atoms. The van der Waals surface area contributed by atoms with Crippen molar-refractivity contribution in [3.8, 4) is 0 Å². The topological polar surface area (TPSA) is 38.4 Å². The van der Waals surface area contributed by atoms with Crippen LogP contribution in [-0.2, 0) is 13.1 Å². The number of rotatable bonds is 4. The lowest BCUT2D eigenvalue weighted by atomic mass is 9.96. The highest BCUT2D eigenvalue weighted by Crippen LogP contribution is 2.22. The number of fused-ring (bicyclic) bond motifs is 1. The zero-order chi connectivity index (χ0) is 16.4. The van der Waals surface area contributed by atoms with Gasteiger partial charge in [-0.1, -0.05) is 42.5 Å². The Morgan fingerprint density at radius 1 is 0.958 bits per heavy atom. The van der Waals surface area contributed by atoms with E-state index in [1.54, 1.807) is 4.57 Å². The summed E-state index contributed by atoms with van der Waals surface area (Å²) in [5.74, 6) is 0.304. The lowest BCUT2D eigenvalue weighted by Crippen LogP contribution is -2.35. The highest BCUT2D eigenvalue weighted by molar-refractivity contribution is 5.72. The fraction of sp³-hybridized carbons (Fsp3) is 0.350. The van der Waals surface area contributed by atoms with E-state index in [1.807, 2.05) is 24.3 Å². The maximum Gasteiger partial charge on any atom is 0.419 e. The Kier molecular flexibility index (Phi) is 4.22. The van der Waals surface area contributed by atoms with Crippen LogP contribution < -0.4 is 5.76 Å². The van der Waals surface area contributed by atoms with Crippen molar-refractivity contribution in [1.82, 2.24) is 9.47 Å². The Morgan fingerprint density at radius 3 is 2.46 bits per heavy atom. The van der Waals surface area contributed by atoms with E-state index >= 15 is 0 Å². The molecule has 0 unspecified atom stereocenters. The molecule has 0 radical (unpaired) electrons. The second-order valence-electron chi connectivity index (χ2n) is 6.65. The van der Waals surface area contributed by atoms with Crippen molar-refractivity contribution >= 4 is 11.1 Å². The van der Waals surface area contributed by atoms with Gasteiger partial charge in [0.05, 0.1) is 5.52 Å². The highest BCUT2D eigenvalue weighted by atomic mass is 16.4. The summed E-state index contributed by atoms with van der Waals surface area (Å²) in [5.41, 5.74) is 2.96. The summed E-state index contributed by atoms with van der Waals surface area (Å²) in [6.07, 6.45) is 2.25. The minimum Gasteiger partial charge on any atom is -0.408 e. The number of aromatic nitrogens is 1. The summed E-state index contributed by atoms with van der Waals surface area (Å²) >= 11 is 0. The fourth-order valence-corrected chi connectivity index (χ4v) is 3.61. The van der Waals surface area contributed by atoms with Crippen molar-refractivity contribution in [1.29, 1.82) is 0 Å². The molecule has 1 aromatic heterocycles. The minimum absolute atomic E-state index is 0.233. The first-order valence-electron chi connectivity index (χ1n) is 8.64. The summed E-state index contributed by atoms with van der Waals surface area (Å²) in [5, 5.41) is 0. The molecule has 1 aliphatic heterocycles. The molecule has 124 valence electrons. The van der Waals surface area contributed by atoms with Crippen molar-refractivity contribution in [2.24, 2.45) is 5.92 Å². The average molecular weight is 322 g/mol. The maximum atomic E-state index is 12.1. The molecule has 4 rings (SSSR count). The zero-order valence-electron chi connectivity index (χ0n) is 13.7. The van der Waals surface area contributed by atoms with Gasteiger partial charge in [-0.2, -0.15) is 0 Å². The lowest BCUT2D eigenvalue weighted by Gasteiger charge is -2.32. The largest absolute Gasteiger partial charge is 0.419 e. The third-order valence-corrected chi connectivity index (χ3v) is 4.97. The normalized spacial score (nSPS) is 16.7. The van der Waals surface area contributed by atoms with Crippen LogP contribution in [0, 0.1) is 5.92 Å². The van der Waals surface area contributed by atoms with E-state index in [2.05, 4.69) is 35.2 Å². The average Bonchev–Trinajstić information content (AvgIpc) is 2.93. The second kappa shape index (κ2) is 6.65. The molecule has 2 heterocycles. The first-order valence-corrected chi connectivity index (χ1v) is 8.64. The van der Waals surface area contributed by atoms with Gasteiger partial charge in [-0.05, 0) is 49.5 Å². The van der Waals surface area contributed by atoms with Crippen LogP contribution in [0.4, 0.5) is 0 Å². The molecule has 0 aliphatic carbocycles. The van der Waals surface area contributed by atoms with Crippen LogP contribution in [0.5, 0.6) is 0 Å². The van der Waals surface area contributed by atoms with Gasteiger partial charge in [-0.3, -0.25) is 9.47 Å². The van der Waals surface area contributed by atoms with Crippen molar-refractivity contribution in [2.75, 3.05) is 13.1 Å². The van der Waals surface area contributed by atoms with Crippen LogP contribution in [0.15, 0.2) is 63.8 Å². The molecule has 2 aromatic carbocycles. The Labute approximate surface area is 141 Å². The summed E-state index contributed by atoms with van der Waals surface area (Å²) in [6, 6.07) is 18.3. The number of likely N-dealkylation sites (tertiary alicyclic amines) is 1. The third kappa shape index (κ3) is 3.15. The molecule has 0 saturated carbocycles. The minimum atomic E-state index is -0.233. The van der Waals surface area contributed by atoms with Crippen molar-refractivity contribution in [3.63, 3.8) is 0 Å². The van der Waals surface area contributed by atoms with Gasteiger partial charge in [-0.15, -0.1) is 0 Å². The van der Waals surface area contributed by atoms with Gasteiger partial charge in [-0.25, -0.2) is 4.79 Å². The van der Waals surface area contributed by atoms with Gasteiger partial charge >= 0.3 is 5.76 Å². The van der Waals surface area contributed by atoms with E-state index in [0.29, 0.717) is 11.5 Å². The predicted octanol–water partition coefficient (Wildman–Crippen LogP) is 3.51. The Bertz CT molecular complexity index is 858. The fourth-order valence-electron chi connectivity index (χ4n) is 3.61. The quantitative estimate of drug-likeness (QED) is 0.738. The first kappa shape index (κ1) is 15.2. The second-order valence-corrected chi connectivity index (χ2v) is 6.65. The summed E-state index contributed by atoms with van der Waals surface area (Å²) in [6.45, 7) is 3.95.